The lowest BCUT2D eigenvalue weighted by Crippen LogP contribution is -2.27. The van der Waals surface area contributed by atoms with Crippen LogP contribution in [-0.2, 0) is 7.05 Å². The van der Waals surface area contributed by atoms with Gasteiger partial charge in [-0.15, -0.1) is 0 Å². The molecule has 1 aliphatic carbocycles. The van der Waals surface area contributed by atoms with Crippen molar-refractivity contribution in [2.45, 2.75) is 33.1 Å². The lowest BCUT2D eigenvalue weighted by Gasteiger charge is -2.31. The Bertz CT molecular complexity index is 383. The second-order valence-corrected chi connectivity index (χ2v) is 5.22. The van der Waals surface area contributed by atoms with Crippen molar-refractivity contribution in [3.63, 3.8) is 0 Å². The number of aromatic nitrogens is 2. The normalized spacial score (nSPS) is 30.3. The van der Waals surface area contributed by atoms with Crippen LogP contribution < -0.4 is 0 Å². The first kappa shape index (κ1) is 11.4. The number of hydrogen-bond donors (Lipinski definition) is 0. The molecule has 1 aliphatic rings. The summed E-state index contributed by atoms with van der Waals surface area (Å²) in [4.78, 5) is 16.3. The number of carbonyl (C=O) groups is 1. The van der Waals surface area contributed by atoms with Gasteiger partial charge in [-0.1, -0.05) is 13.8 Å². The average molecular weight is 220 g/mol. The molecular formula is C13H20N2O. The van der Waals surface area contributed by atoms with Crippen molar-refractivity contribution >= 4 is 5.78 Å². The topological polar surface area (TPSA) is 34.9 Å². The average Bonchev–Trinajstić information content (AvgIpc) is 2.67. The highest BCUT2D eigenvalue weighted by Gasteiger charge is 2.30. The summed E-state index contributed by atoms with van der Waals surface area (Å²) in [5.74, 6) is 1.91. The lowest BCUT2D eigenvalue weighted by atomic mass is 9.74. The van der Waals surface area contributed by atoms with E-state index in [1.165, 1.54) is 6.42 Å². The molecule has 3 nitrogen and oxygen atoms in total. The summed E-state index contributed by atoms with van der Waals surface area (Å²) < 4.78 is 1.82. The summed E-state index contributed by atoms with van der Waals surface area (Å²) in [6.07, 6.45) is 6.63. The monoisotopic (exact) mass is 220 g/mol. The van der Waals surface area contributed by atoms with Crippen LogP contribution in [0.25, 0.3) is 0 Å². The summed E-state index contributed by atoms with van der Waals surface area (Å²) >= 11 is 0. The zero-order valence-electron chi connectivity index (χ0n) is 10.3. The number of rotatable bonds is 2. The van der Waals surface area contributed by atoms with Crippen LogP contribution in [0.2, 0.25) is 0 Å². The van der Waals surface area contributed by atoms with Gasteiger partial charge in [-0.05, 0) is 31.1 Å². The fourth-order valence-corrected chi connectivity index (χ4v) is 2.59. The fourth-order valence-electron chi connectivity index (χ4n) is 2.59. The van der Waals surface area contributed by atoms with E-state index in [0.29, 0.717) is 5.92 Å². The largest absolute Gasteiger partial charge is 0.331 e. The zero-order chi connectivity index (χ0) is 11.7. The Balaban J connectivity index is 2.09. The first-order valence-corrected chi connectivity index (χ1v) is 6.10. The van der Waals surface area contributed by atoms with Crippen LogP contribution in [0.15, 0.2) is 12.5 Å². The van der Waals surface area contributed by atoms with Crippen molar-refractivity contribution in [3.8, 4) is 0 Å². The maximum atomic E-state index is 12.3. The van der Waals surface area contributed by atoms with Gasteiger partial charge in [-0.3, -0.25) is 4.79 Å². The molecule has 0 spiro atoms. The Labute approximate surface area is 96.9 Å². The van der Waals surface area contributed by atoms with Gasteiger partial charge in [0.05, 0.1) is 12.5 Å². The number of hydrogen-bond acceptors (Lipinski definition) is 2. The molecule has 16 heavy (non-hydrogen) atoms. The highest BCUT2D eigenvalue weighted by Crippen LogP contribution is 2.34. The van der Waals surface area contributed by atoms with Crippen molar-refractivity contribution in [2.75, 3.05) is 0 Å². The van der Waals surface area contributed by atoms with E-state index in [2.05, 4.69) is 18.8 Å². The van der Waals surface area contributed by atoms with Gasteiger partial charge in [-0.2, -0.15) is 0 Å². The molecule has 0 bridgehead atoms. The smallest absolute Gasteiger partial charge is 0.183 e. The molecule has 1 fully saturated rings. The Kier molecular flexibility index (Phi) is 3.13. The van der Waals surface area contributed by atoms with Gasteiger partial charge < -0.3 is 4.57 Å². The molecule has 1 saturated carbocycles. The van der Waals surface area contributed by atoms with Crippen molar-refractivity contribution in [1.29, 1.82) is 0 Å². The van der Waals surface area contributed by atoms with Crippen LogP contribution in [0.3, 0.4) is 0 Å². The SMILES string of the molecule is CC1CCC(C(=O)c2cncn2C)CC1C. The van der Waals surface area contributed by atoms with Crippen LogP contribution in [0.4, 0.5) is 0 Å². The molecule has 0 amide bonds. The summed E-state index contributed by atoms with van der Waals surface area (Å²) in [7, 11) is 1.88. The third kappa shape index (κ3) is 2.04. The van der Waals surface area contributed by atoms with E-state index in [9.17, 15) is 4.79 Å². The zero-order valence-corrected chi connectivity index (χ0v) is 10.3. The number of nitrogens with zero attached hydrogens (tertiary/aromatic N) is 2. The number of carbonyl (C=O) groups excluding carboxylic acids is 1. The minimum Gasteiger partial charge on any atom is -0.331 e. The molecular weight excluding hydrogens is 200 g/mol. The molecule has 0 aromatic carbocycles. The van der Waals surface area contributed by atoms with E-state index in [4.69, 9.17) is 0 Å². The highest BCUT2D eigenvalue weighted by atomic mass is 16.1. The van der Waals surface area contributed by atoms with E-state index >= 15 is 0 Å². The predicted molar refractivity (Wildman–Crippen MR) is 63.2 cm³/mol. The summed E-state index contributed by atoms with van der Waals surface area (Å²) in [6.45, 7) is 4.54. The van der Waals surface area contributed by atoms with Crippen LogP contribution in [0.5, 0.6) is 0 Å². The van der Waals surface area contributed by atoms with E-state index in [1.807, 2.05) is 11.6 Å². The van der Waals surface area contributed by atoms with Crippen molar-refractivity contribution in [2.24, 2.45) is 24.8 Å². The standard InChI is InChI=1S/C13H20N2O/c1-9-4-5-11(6-10(9)2)13(16)12-7-14-8-15(12)3/h7-11H,4-6H2,1-3H3. The molecule has 1 aromatic rings. The minimum atomic E-state index is 0.210. The Morgan fingerprint density at radius 3 is 2.69 bits per heavy atom. The predicted octanol–water partition coefficient (Wildman–Crippen LogP) is 2.68. The molecule has 0 aliphatic heterocycles. The molecule has 0 radical (unpaired) electrons. The summed E-state index contributed by atoms with van der Waals surface area (Å²) in [5, 5.41) is 0. The third-order valence-corrected chi connectivity index (χ3v) is 4.04. The van der Waals surface area contributed by atoms with Gasteiger partial charge in [-0.25, -0.2) is 4.98 Å². The number of Topliss-reactive ketones (excluding diaryl/α,β-unsaturated/α-hetero) is 1. The maximum Gasteiger partial charge on any atom is 0.183 e. The first-order valence-electron chi connectivity index (χ1n) is 6.10. The molecule has 0 saturated heterocycles. The number of ketones is 1. The van der Waals surface area contributed by atoms with Gasteiger partial charge in [0.15, 0.2) is 5.78 Å². The van der Waals surface area contributed by atoms with Crippen LogP contribution >= 0.6 is 0 Å². The first-order chi connectivity index (χ1) is 7.59. The van der Waals surface area contributed by atoms with Gasteiger partial charge >= 0.3 is 0 Å². The Morgan fingerprint density at radius 2 is 2.12 bits per heavy atom. The fraction of sp³-hybridized carbons (Fsp3) is 0.692. The molecule has 1 aromatic heterocycles. The highest BCUT2D eigenvalue weighted by molar-refractivity contribution is 5.96. The van der Waals surface area contributed by atoms with Gasteiger partial charge in [0, 0.05) is 13.0 Å². The second kappa shape index (κ2) is 4.40. The molecule has 3 heteroatoms. The molecule has 1 heterocycles. The Morgan fingerprint density at radius 1 is 1.38 bits per heavy atom. The maximum absolute atomic E-state index is 12.3. The second-order valence-electron chi connectivity index (χ2n) is 5.22. The van der Waals surface area contributed by atoms with E-state index in [1.54, 1.807) is 12.5 Å². The van der Waals surface area contributed by atoms with E-state index in [0.717, 1.165) is 24.5 Å². The van der Waals surface area contributed by atoms with Crippen molar-refractivity contribution in [1.82, 2.24) is 9.55 Å². The van der Waals surface area contributed by atoms with E-state index < -0.39 is 0 Å². The molecule has 88 valence electrons. The minimum absolute atomic E-state index is 0.210. The molecule has 3 atom stereocenters. The van der Waals surface area contributed by atoms with Crippen LogP contribution in [0.1, 0.15) is 43.6 Å². The molecule has 3 unspecified atom stereocenters. The molecule has 0 N–H and O–H groups in total. The van der Waals surface area contributed by atoms with Gasteiger partial charge in [0.1, 0.15) is 5.69 Å². The number of aryl methyl sites for hydroxylation is 1. The van der Waals surface area contributed by atoms with Crippen LogP contribution in [-0.4, -0.2) is 15.3 Å². The van der Waals surface area contributed by atoms with Crippen LogP contribution in [0, 0.1) is 17.8 Å². The Hall–Kier alpha value is -1.12. The van der Waals surface area contributed by atoms with Gasteiger partial charge in [0.25, 0.3) is 0 Å². The summed E-state index contributed by atoms with van der Waals surface area (Å²) in [5.41, 5.74) is 0.756. The third-order valence-electron chi connectivity index (χ3n) is 4.04. The molecule has 2 rings (SSSR count). The quantitative estimate of drug-likeness (QED) is 0.718. The van der Waals surface area contributed by atoms with Crippen molar-refractivity contribution in [3.05, 3.63) is 18.2 Å². The van der Waals surface area contributed by atoms with E-state index in [-0.39, 0.29) is 11.7 Å². The van der Waals surface area contributed by atoms with Gasteiger partial charge in [0.2, 0.25) is 0 Å². The summed E-state index contributed by atoms with van der Waals surface area (Å²) in [6, 6.07) is 0. The van der Waals surface area contributed by atoms with Crippen molar-refractivity contribution < 1.29 is 4.79 Å². The number of imidazole rings is 1. The lowest BCUT2D eigenvalue weighted by molar-refractivity contribution is 0.0829.